The van der Waals surface area contributed by atoms with Gasteiger partial charge in [-0.1, -0.05) is 35.3 Å². The fourth-order valence-corrected chi connectivity index (χ4v) is 1.70. The summed E-state index contributed by atoms with van der Waals surface area (Å²) in [7, 11) is 0. The molecule has 19 heavy (non-hydrogen) atoms. The molecule has 0 bridgehead atoms. The topological polar surface area (TPSA) is 54.4 Å². The molecule has 0 aliphatic rings. The van der Waals surface area contributed by atoms with Gasteiger partial charge in [0.2, 0.25) is 0 Å². The van der Waals surface area contributed by atoms with Crippen LogP contribution in [0.2, 0.25) is 10.0 Å². The molecule has 1 aromatic carbocycles. The first-order valence-electron chi connectivity index (χ1n) is 5.36. The molecule has 96 valence electrons. The number of carbonyl (C=O) groups excluding carboxylic acids is 1. The third-order valence-electron chi connectivity index (χ3n) is 2.27. The molecular formula is C13H9Cl2N3O. The lowest BCUT2D eigenvalue weighted by Gasteiger charge is -2.00. The maximum Gasteiger partial charge on any atom is 0.272 e. The van der Waals surface area contributed by atoms with Crippen molar-refractivity contribution < 1.29 is 4.79 Å². The van der Waals surface area contributed by atoms with E-state index < -0.39 is 0 Å². The number of hydrazone groups is 1. The molecule has 0 unspecified atom stereocenters. The van der Waals surface area contributed by atoms with Gasteiger partial charge < -0.3 is 0 Å². The van der Waals surface area contributed by atoms with Gasteiger partial charge >= 0.3 is 0 Å². The zero-order chi connectivity index (χ0) is 13.7. The second-order valence-corrected chi connectivity index (χ2v) is 4.37. The molecule has 1 amide bonds. The number of benzene rings is 1. The standard InChI is InChI=1S/C13H9Cl2N3O/c14-11-5-1-3-9(12(11)15)8-17-18-13(19)10-4-2-6-16-7-10/h1-8H,(H,18,19)/b17-8-. The second kappa shape index (κ2) is 6.31. The minimum absolute atomic E-state index is 0.345. The highest BCUT2D eigenvalue weighted by Crippen LogP contribution is 2.23. The van der Waals surface area contributed by atoms with Crippen LogP contribution in [0.25, 0.3) is 0 Å². The smallest absolute Gasteiger partial charge is 0.267 e. The lowest BCUT2D eigenvalue weighted by molar-refractivity contribution is 0.0955. The van der Waals surface area contributed by atoms with E-state index in [2.05, 4.69) is 15.5 Å². The fraction of sp³-hybridized carbons (Fsp3) is 0. The summed E-state index contributed by atoms with van der Waals surface area (Å²) in [6, 6.07) is 8.48. The van der Waals surface area contributed by atoms with E-state index in [0.717, 1.165) is 0 Å². The monoisotopic (exact) mass is 293 g/mol. The van der Waals surface area contributed by atoms with E-state index in [0.29, 0.717) is 21.2 Å². The zero-order valence-corrected chi connectivity index (χ0v) is 11.2. The average Bonchev–Trinajstić information content (AvgIpc) is 2.44. The number of aromatic nitrogens is 1. The quantitative estimate of drug-likeness (QED) is 0.698. The number of hydrogen-bond donors (Lipinski definition) is 1. The van der Waals surface area contributed by atoms with Crippen molar-refractivity contribution in [3.05, 3.63) is 63.9 Å². The van der Waals surface area contributed by atoms with Crippen LogP contribution in [-0.4, -0.2) is 17.1 Å². The maximum absolute atomic E-state index is 11.7. The first-order chi connectivity index (χ1) is 9.18. The summed E-state index contributed by atoms with van der Waals surface area (Å²) in [6.07, 6.45) is 4.48. The van der Waals surface area contributed by atoms with Crippen molar-refractivity contribution in [1.29, 1.82) is 0 Å². The molecule has 1 N–H and O–H groups in total. The maximum atomic E-state index is 11.7. The molecule has 4 nitrogen and oxygen atoms in total. The Balaban J connectivity index is 2.05. The predicted molar refractivity (Wildman–Crippen MR) is 75.8 cm³/mol. The zero-order valence-electron chi connectivity index (χ0n) is 9.68. The Morgan fingerprint density at radius 1 is 1.26 bits per heavy atom. The van der Waals surface area contributed by atoms with E-state index in [4.69, 9.17) is 23.2 Å². The normalized spacial score (nSPS) is 10.6. The Morgan fingerprint density at radius 3 is 2.84 bits per heavy atom. The van der Waals surface area contributed by atoms with Gasteiger partial charge in [-0.3, -0.25) is 9.78 Å². The van der Waals surface area contributed by atoms with Gasteiger partial charge in [-0.15, -0.1) is 0 Å². The van der Waals surface area contributed by atoms with E-state index in [1.807, 2.05) is 0 Å². The Labute approximate surface area is 120 Å². The second-order valence-electron chi connectivity index (χ2n) is 3.58. The van der Waals surface area contributed by atoms with Crippen LogP contribution in [-0.2, 0) is 0 Å². The van der Waals surface area contributed by atoms with Crippen LogP contribution >= 0.6 is 23.2 Å². The van der Waals surface area contributed by atoms with Gasteiger partial charge in [0.1, 0.15) is 0 Å². The van der Waals surface area contributed by atoms with Crippen LogP contribution < -0.4 is 5.43 Å². The summed E-state index contributed by atoms with van der Waals surface area (Å²) in [5.74, 6) is -0.345. The van der Waals surface area contributed by atoms with Gasteiger partial charge in [-0.05, 0) is 18.2 Å². The van der Waals surface area contributed by atoms with Crippen molar-refractivity contribution in [2.24, 2.45) is 5.10 Å². The number of nitrogens with zero attached hydrogens (tertiary/aromatic N) is 2. The Morgan fingerprint density at radius 2 is 2.11 bits per heavy atom. The molecule has 0 fully saturated rings. The summed E-state index contributed by atoms with van der Waals surface area (Å²) in [5, 5.41) is 4.65. The molecule has 0 aliphatic carbocycles. The van der Waals surface area contributed by atoms with Gasteiger partial charge in [-0.25, -0.2) is 5.43 Å². The summed E-state index contributed by atoms with van der Waals surface area (Å²) < 4.78 is 0. The first-order valence-corrected chi connectivity index (χ1v) is 6.11. The minimum atomic E-state index is -0.345. The van der Waals surface area contributed by atoms with Gasteiger partial charge in [-0.2, -0.15) is 5.10 Å². The van der Waals surface area contributed by atoms with Crippen LogP contribution in [0.15, 0.2) is 47.8 Å². The van der Waals surface area contributed by atoms with Gasteiger partial charge in [0.05, 0.1) is 21.8 Å². The molecule has 1 heterocycles. The third kappa shape index (κ3) is 3.53. The van der Waals surface area contributed by atoms with E-state index in [1.54, 1.807) is 36.5 Å². The van der Waals surface area contributed by atoms with Crippen LogP contribution in [0.4, 0.5) is 0 Å². The van der Waals surface area contributed by atoms with Crippen LogP contribution in [0, 0.1) is 0 Å². The van der Waals surface area contributed by atoms with Crippen molar-refractivity contribution >= 4 is 35.3 Å². The number of hydrogen-bond acceptors (Lipinski definition) is 3. The average molecular weight is 294 g/mol. The number of halogens is 2. The number of rotatable bonds is 3. The molecule has 0 spiro atoms. The molecule has 0 saturated carbocycles. The summed E-state index contributed by atoms with van der Waals surface area (Å²) >= 11 is 11.8. The molecule has 1 aromatic heterocycles. The van der Waals surface area contributed by atoms with Gasteiger partial charge in [0.15, 0.2) is 0 Å². The van der Waals surface area contributed by atoms with Crippen molar-refractivity contribution in [3.8, 4) is 0 Å². The third-order valence-corrected chi connectivity index (χ3v) is 3.11. The van der Waals surface area contributed by atoms with E-state index >= 15 is 0 Å². The molecular weight excluding hydrogens is 285 g/mol. The number of amides is 1. The molecule has 2 rings (SSSR count). The van der Waals surface area contributed by atoms with Crippen molar-refractivity contribution in [1.82, 2.24) is 10.4 Å². The molecule has 0 atom stereocenters. The lowest BCUT2D eigenvalue weighted by Crippen LogP contribution is -2.17. The molecule has 0 radical (unpaired) electrons. The highest BCUT2D eigenvalue weighted by atomic mass is 35.5. The summed E-state index contributed by atoms with van der Waals surface area (Å²) in [6.45, 7) is 0. The predicted octanol–water partition coefficient (Wildman–Crippen LogP) is 3.15. The molecule has 2 aromatic rings. The Bertz CT molecular complexity index is 615. The molecule has 0 aliphatic heterocycles. The van der Waals surface area contributed by atoms with Crippen LogP contribution in [0.5, 0.6) is 0 Å². The minimum Gasteiger partial charge on any atom is -0.267 e. The van der Waals surface area contributed by atoms with Crippen molar-refractivity contribution in [2.45, 2.75) is 0 Å². The number of pyridine rings is 1. The molecule has 0 saturated heterocycles. The summed E-state index contributed by atoms with van der Waals surface area (Å²) in [4.78, 5) is 15.5. The fourth-order valence-electron chi connectivity index (χ4n) is 1.34. The lowest BCUT2D eigenvalue weighted by atomic mass is 10.2. The van der Waals surface area contributed by atoms with E-state index in [9.17, 15) is 4.79 Å². The van der Waals surface area contributed by atoms with E-state index in [1.165, 1.54) is 12.4 Å². The van der Waals surface area contributed by atoms with E-state index in [-0.39, 0.29) is 5.91 Å². The molecule has 6 heteroatoms. The van der Waals surface area contributed by atoms with Gasteiger partial charge in [0, 0.05) is 18.0 Å². The summed E-state index contributed by atoms with van der Waals surface area (Å²) in [5.41, 5.74) is 3.44. The SMILES string of the molecule is O=C(N/N=C\c1cccc(Cl)c1Cl)c1cccnc1. The largest absolute Gasteiger partial charge is 0.272 e. The number of nitrogens with one attached hydrogen (secondary N) is 1. The number of carbonyl (C=O) groups is 1. The Kier molecular flexibility index (Phi) is 4.49. The van der Waals surface area contributed by atoms with Gasteiger partial charge in [0.25, 0.3) is 5.91 Å². The van der Waals surface area contributed by atoms with Crippen LogP contribution in [0.1, 0.15) is 15.9 Å². The highest BCUT2D eigenvalue weighted by Gasteiger charge is 2.04. The van der Waals surface area contributed by atoms with Crippen molar-refractivity contribution in [2.75, 3.05) is 0 Å². The Hall–Kier alpha value is -1.91. The van der Waals surface area contributed by atoms with Crippen molar-refractivity contribution in [3.63, 3.8) is 0 Å². The first kappa shape index (κ1) is 13.5. The highest BCUT2D eigenvalue weighted by molar-refractivity contribution is 6.43. The van der Waals surface area contributed by atoms with Crippen LogP contribution in [0.3, 0.4) is 0 Å².